The molecular formula is C20H34N6O2S. The van der Waals surface area contributed by atoms with E-state index in [1.807, 2.05) is 25.5 Å². The zero-order valence-electron chi connectivity index (χ0n) is 18.0. The molecule has 2 heterocycles. The van der Waals surface area contributed by atoms with Crippen molar-refractivity contribution in [3.8, 4) is 0 Å². The van der Waals surface area contributed by atoms with Crippen LogP contribution in [0.15, 0.2) is 11.4 Å². The van der Waals surface area contributed by atoms with E-state index in [9.17, 15) is 4.79 Å². The van der Waals surface area contributed by atoms with Crippen molar-refractivity contribution in [2.45, 2.75) is 58.7 Å². The van der Waals surface area contributed by atoms with Crippen molar-refractivity contribution in [3.63, 3.8) is 0 Å². The number of hydrogen-bond acceptors (Lipinski definition) is 7. The largest absolute Gasteiger partial charge is 0.380 e. The van der Waals surface area contributed by atoms with Gasteiger partial charge in [-0.05, 0) is 26.2 Å². The van der Waals surface area contributed by atoms with Gasteiger partial charge in [0.25, 0.3) is 0 Å². The molecule has 8 nitrogen and oxygen atoms in total. The lowest BCUT2D eigenvalue weighted by atomic mass is 10.0. The predicted octanol–water partition coefficient (Wildman–Crippen LogP) is 3.33. The molecule has 0 aliphatic heterocycles. The molecule has 2 aromatic rings. The van der Waals surface area contributed by atoms with Gasteiger partial charge in [0.05, 0.1) is 24.7 Å². The van der Waals surface area contributed by atoms with Gasteiger partial charge in [-0.25, -0.2) is 14.6 Å². The minimum Gasteiger partial charge on any atom is -0.380 e. The highest BCUT2D eigenvalue weighted by atomic mass is 32.2. The third-order valence-corrected chi connectivity index (χ3v) is 5.69. The molecule has 9 heteroatoms. The van der Waals surface area contributed by atoms with Crippen molar-refractivity contribution in [2.75, 3.05) is 37.4 Å². The molecule has 2 aromatic heterocycles. The number of nitrogens with one attached hydrogen (secondary N) is 2. The summed E-state index contributed by atoms with van der Waals surface area (Å²) in [6, 6.07) is 0. The summed E-state index contributed by atoms with van der Waals surface area (Å²) in [6.45, 7) is 11.3. The second kappa shape index (κ2) is 12.6. The molecule has 0 spiro atoms. The average molecular weight is 423 g/mol. The van der Waals surface area contributed by atoms with E-state index in [0.29, 0.717) is 32.8 Å². The van der Waals surface area contributed by atoms with Gasteiger partial charge in [0.15, 0.2) is 10.8 Å². The molecule has 0 saturated carbocycles. The van der Waals surface area contributed by atoms with E-state index in [1.54, 1.807) is 18.0 Å². The second-order valence-electron chi connectivity index (χ2n) is 6.74. The van der Waals surface area contributed by atoms with Crippen LogP contribution in [0.25, 0.3) is 11.0 Å². The third kappa shape index (κ3) is 6.85. The Morgan fingerprint density at radius 2 is 2.00 bits per heavy atom. The molecule has 0 atom stereocenters. The smallest absolute Gasteiger partial charge is 0.223 e. The minimum absolute atomic E-state index is 0.0740. The zero-order valence-corrected chi connectivity index (χ0v) is 18.8. The van der Waals surface area contributed by atoms with E-state index in [1.165, 1.54) is 0 Å². The SMILES string of the molecule is CCCSc1nc(NCCOCC)c2cnn(CCNC(=O)C(CC)CC)c2n1. The average Bonchev–Trinajstić information content (AvgIpc) is 3.13. The molecule has 0 radical (unpaired) electrons. The van der Waals surface area contributed by atoms with Crippen LogP contribution in [0, 0.1) is 5.92 Å². The van der Waals surface area contributed by atoms with Crippen LogP contribution in [0.3, 0.4) is 0 Å². The number of fused-ring (bicyclic) bond motifs is 1. The van der Waals surface area contributed by atoms with Crippen LogP contribution in [0.4, 0.5) is 5.82 Å². The van der Waals surface area contributed by atoms with E-state index in [-0.39, 0.29) is 11.8 Å². The van der Waals surface area contributed by atoms with Gasteiger partial charge in [0.2, 0.25) is 5.91 Å². The monoisotopic (exact) mass is 422 g/mol. The van der Waals surface area contributed by atoms with Gasteiger partial charge in [-0.15, -0.1) is 0 Å². The number of amides is 1. The first-order valence-corrected chi connectivity index (χ1v) is 11.6. The molecule has 29 heavy (non-hydrogen) atoms. The van der Waals surface area contributed by atoms with Gasteiger partial charge < -0.3 is 15.4 Å². The number of rotatable bonds is 14. The fourth-order valence-electron chi connectivity index (χ4n) is 2.97. The Hall–Kier alpha value is -1.87. The first-order valence-electron chi connectivity index (χ1n) is 10.6. The van der Waals surface area contributed by atoms with Crippen molar-refractivity contribution in [1.29, 1.82) is 0 Å². The fraction of sp³-hybridized carbons (Fsp3) is 0.700. The molecule has 1 amide bonds. The summed E-state index contributed by atoms with van der Waals surface area (Å²) < 4.78 is 7.25. The number of carbonyl (C=O) groups is 1. The van der Waals surface area contributed by atoms with Gasteiger partial charge >= 0.3 is 0 Å². The summed E-state index contributed by atoms with van der Waals surface area (Å²) >= 11 is 1.64. The molecule has 0 aliphatic rings. The molecule has 0 aromatic carbocycles. The number of ether oxygens (including phenoxy) is 1. The number of aromatic nitrogens is 4. The first kappa shape index (κ1) is 23.4. The lowest BCUT2D eigenvalue weighted by molar-refractivity contribution is -0.125. The Morgan fingerprint density at radius 1 is 1.21 bits per heavy atom. The fourth-order valence-corrected chi connectivity index (χ4v) is 3.66. The number of thioether (sulfide) groups is 1. The Labute approximate surface area is 177 Å². The molecule has 0 fully saturated rings. The van der Waals surface area contributed by atoms with Crippen LogP contribution in [0.5, 0.6) is 0 Å². The summed E-state index contributed by atoms with van der Waals surface area (Å²) in [5.74, 6) is 1.92. The molecule has 162 valence electrons. The summed E-state index contributed by atoms with van der Waals surface area (Å²) in [5, 5.41) is 12.5. The number of anilines is 1. The van der Waals surface area contributed by atoms with Crippen molar-refractivity contribution in [1.82, 2.24) is 25.1 Å². The van der Waals surface area contributed by atoms with Crippen LogP contribution in [-0.4, -0.2) is 57.7 Å². The number of carbonyl (C=O) groups excluding carboxylic acids is 1. The maximum Gasteiger partial charge on any atom is 0.223 e. The van der Waals surface area contributed by atoms with E-state index >= 15 is 0 Å². The van der Waals surface area contributed by atoms with Crippen LogP contribution >= 0.6 is 11.8 Å². The van der Waals surface area contributed by atoms with Gasteiger partial charge in [-0.2, -0.15) is 5.10 Å². The minimum atomic E-state index is 0.0740. The Bertz CT molecular complexity index is 763. The van der Waals surface area contributed by atoms with E-state index in [2.05, 4.69) is 27.6 Å². The summed E-state index contributed by atoms with van der Waals surface area (Å²) in [7, 11) is 0. The predicted molar refractivity (Wildman–Crippen MR) is 118 cm³/mol. The molecule has 0 aliphatic carbocycles. The molecule has 2 rings (SSSR count). The van der Waals surface area contributed by atoms with Gasteiger partial charge in [-0.3, -0.25) is 4.79 Å². The van der Waals surface area contributed by atoms with Crippen molar-refractivity contribution in [2.24, 2.45) is 5.92 Å². The van der Waals surface area contributed by atoms with Crippen molar-refractivity contribution < 1.29 is 9.53 Å². The zero-order chi connectivity index (χ0) is 21.1. The van der Waals surface area contributed by atoms with Gasteiger partial charge in [0, 0.05) is 31.4 Å². The summed E-state index contributed by atoms with van der Waals surface area (Å²) in [4.78, 5) is 21.6. The van der Waals surface area contributed by atoms with E-state index in [4.69, 9.17) is 9.72 Å². The number of hydrogen-bond donors (Lipinski definition) is 2. The maximum atomic E-state index is 12.2. The highest BCUT2D eigenvalue weighted by Crippen LogP contribution is 2.24. The third-order valence-electron chi connectivity index (χ3n) is 4.63. The molecule has 2 N–H and O–H groups in total. The lowest BCUT2D eigenvalue weighted by Gasteiger charge is -2.13. The molecule has 0 unspecified atom stereocenters. The van der Waals surface area contributed by atoms with Crippen LogP contribution in [-0.2, 0) is 16.1 Å². The Balaban J connectivity index is 2.13. The summed E-state index contributed by atoms with van der Waals surface area (Å²) in [5.41, 5.74) is 0.786. The van der Waals surface area contributed by atoms with Crippen LogP contribution in [0.1, 0.15) is 47.0 Å². The van der Waals surface area contributed by atoms with Crippen LogP contribution < -0.4 is 10.6 Å². The van der Waals surface area contributed by atoms with Crippen LogP contribution in [0.2, 0.25) is 0 Å². The Kier molecular flexibility index (Phi) is 10.2. The second-order valence-corrected chi connectivity index (χ2v) is 7.80. The quantitative estimate of drug-likeness (QED) is 0.274. The number of nitrogens with zero attached hydrogens (tertiary/aromatic N) is 4. The maximum absolute atomic E-state index is 12.2. The topological polar surface area (TPSA) is 94.0 Å². The Morgan fingerprint density at radius 3 is 2.69 bits per heavy atom. The lowest BCUT2D eigenvalue weighted by Crippen LogP contribution is -2.32. The van der Waals surface area contributed by atoms with Gasteiger partial charge in [-0.1, -0.05) is 32.5 Å². The van der Waals surface area contributed by atoms with E-state index < -0.39 is 0 Å². The normalized spacial score (nSPS) is 11.3. The standard InChI is InChI=1S/C20H34N6O2S/c1-5-13-29-20-24-17(21-10-12-28-8-4)16-14-23-26(18(16)25-20)11-9-22-19(27)15(6-2)7-3/h14-15H,5-13H2,1-4H3,(H,22,27)(H,21,24,25). The highest BCUT2D eigenvalue weighted by molar-refractivity contribution is 7.99. The van der Waals surface area contributed by atoms with Gasteiger partial charge in [0.1, 0.15) is 5.82 Å². The molecular weight excluding hydrogens is 388 g/mol. The van der Waals surface area contributed by atoms with E-state index in [0.717, 1.165) is 47.0 Å². The molecule has 0 bridgehead atoms. The first-order chi connectivity index (χ1) is 14.1. The van der Waals surface area contributed by atoms with Crippen molar-refractivity contribution >= 4 is 34.5 Å². The summed E-state index contributed by atoms with van der Waals surface area (Å²) in [6.07, 6.45) is 4.56. The highest BCUT2D eigenvalue weighted by Gasteiger charge is 2.15. The molecule has 0 saturated heterocycles. The van der Waals surface area contributed by atoms with Crippen molar-refractivity contribution in [3.05, 3.63) is 6.20 Å².